The van der Waals surface area contributed by atoms with Crippen LogP contribution in [0.1, 0.15) is 31.2 Å². The quantitative estimate of drug-likeness (QED) is 0.846. The molecule has 2 aliphatic carbocycles. The van der Waals surface area contributed by atoms with Gasteiger partial charge in [-0.25, -0.2) is 8.78 Å². The largest absolute Gasteiger partial charge is 0.350 e. The van der Waals surface area contributed by atoms with Crippen LogP contribution in [0, 0.1) is 17.3 Å². The average Bonchev–Trinajstić information content (AvgIpc) is 3.15. The Balaban J connectivity index is 1.78. The minimum Gasteiger partial charge on any atom is -0.350 e. The van der Waals surface area contributed by atoms with Crippen molar-refractivity contribution >= 4 is 5.91 Å². The van der Waals surface area contributed by atoms with Gasteiger partial charge in [0.25, 0.3) is 5.92 Å². The standard InChI is InChI=1S/C18H24F2N2O/c19-18(20,11-21)12-22-16(23)17(9-13-4-2-1-3-5-13)10-14-6-7-15(17)8-14/h1-5,14-15H,6-12,21H2,(H,22,23). The second-order valence-electron chi connectivity index (χ2n) is 7.14. The van der Waals surface area contributed by atoms with Crippen LogP contribution in [0.15, 0.2) is 30.3 Å². The minimum absolute atomic E-state index is 0.221. The fourth-order valence-corrected chi connectivity index (χ4v) is 4.44. The normalized spacial score (nSPS) is 29.7. The van der Waals surface area contributed by atoms with Gasteiger partial charge < -0.3 is 11.1 Å². The van der Waals surface area contributed by atoms with Crippen LogP contribution < -0.4 is 11.1 Å². The SMILES string of the molecule is NCC(F)(F)CNC(=O)C1(Cc2ccccc2)CC2CCC1C2. The molecule has 3 atom stereocenters. The molecule has 2 saturated carbocycles. The summed E-state index contributed by atoms with van der Waals surface area (Å²) in [5, 5.41) is 2.49. The third kappa shape index (κ3) is 3.25. The van der Waals surface area contributed by atoms with Gasteiger partial charge in [0.1, 0.15) is 0 Å². The number of carbonyl (C=O) groups excluding carboxylic acids is 1. The van der Waals surface area contributed by atoms with Crippen molar-refractivity contribution in [3.8, 4) is 0 Å². The van der Waals surface area contributed by atoms with Crippen LogP contribution in [0.4, 0.5) is 8.78 Å². The molecule has 23 heavy (non-hydrogen) atoms. The molecule has 3 nitrogen and oxygen atoms in total. The van der Waals surface area contributed by atoms with Gasteiger partial charge in [-0.15, -0.1) is 0 Å². The molecule has 0 spiro atoms. The molecule has 0 aromatic heterocycles. The first-order valence-corrected chi connectivity index (χ1v) is 8.35. The molecule has 2 fully saturated rings. The maximum absolute atomic E-state index is 13.4. The number of hydrogen-bond acceptors (Lipinski definition) is 2. The van der Waals surface area contributed by atoms with Crippen molar-refractivity contribution in [2.45, 2.75) is 38.0 Å². The van der Waals surface area contributed by atoms with E-state index < -0.39 is 24.4 Å². The molecule has 5 heteroatoms. The maximum Gasteiger partial charge on any atom is 0.277 e. The van der Waals surface area contributed by atoms with E-state index in [1.54, 1.807) is 0 Å². The highest BCUT2D eigenvalue weighted by Gasteiger charge is 2.55. The summed E-state index contributed by atoms with van der Waals surface area (Å²) in [5.74, 6) is -2.40. The second-order valence-corrected chi connectivity index (χ2v) is 7.14. The van der Waals surface area contributed by atoms with Gasteiger partial charge in [0.05, 0.1) is 18.5 Å². The summed E-state index contributed by atoms with van der Waals surface area (Å²) in [5.41, 5.74) is 5.63. The summed E-state index contributed by atoms with van der Waals surface area (Å²) < 4.78 is 26.8. The Morgan fingerprint density at radius 1 is 1.30 bits per heavy atom. The number of fused-ring (bicyclic) bond motifs is 2. The van der Waals surface area contributed by atoms with Crippen LogP contribution in [-0.4, -0.2) is 24.9 Å². The first-order valence-electron chi connectivity index (χ1n) is 8.35. The van der Waals surface area contributed by atoms with E-state index in [0.29, 0.717) is 18.3 Å². The number of halogens is 2. The van der Waals surface area contributed by atoms with Crippen LogP contribution in [0.5, 0.6) is 0 Å². The number of benzene rings is 1. The number of rotatable bonds is 6. The summed E-state index contributed by atoms with van der Waals surface area (Å²) in [6, 6.07) is 9.87. The predicted molar refractivity (Wildman–Crippen MR) is 85.0 cm³/mol. The minimum atomic E-state index is -3.04. The van der Waals surface area contributed by atoms with Gasteiger partial charge in [-0.1, -0.05) is 36.8 Å². The molecule has 126 valence electrons. The third-order valence-electron chi connectivity index (χ3n) is 5.60. The molecule has 0 radical (unpaired) electrons. The fraction of sp³-hybridized carbons (Fsp3) is 0.611. The molecule has 0 aliphatic heterocycles. The number of nitrogens with one attached hydrogen (secondary N) is 1. The van der Waals surface area contributed by atoms with E-state index in [1.807, 2.05) is 30.3 Å². The highest BCUT2D eigenvalue weighted by Crippen LogP contribution is 2.57. The molecule has 1 amide bonds. The Labute approximate surface area is 135 Å². The smallest absolute Gasteiger partial charge is 0.277 e. The van der Waals surface area contributed by atoms with Gasteiger partial charge in [-0.2, -0.15) is 0 Å². The van der Waals surface area contributed by atoms with Crippen LogP contribution in [-0.2, 0) is 11.2 Å². The van der Waals surface area contributed by atoms with E-state index in [-0.39, 0.29) is 5.91 Å². The monoisotopic (exact) mass is 322 g/mol. The van der Waals surface area contributed by atoms with Crippen LogP contribution >= 0.6 is 0 Å². The van der Waals surface area contributed by atoms with Gasteiger partial charge in [0, 0.05) is 0 Å². The lowest BCUT2D eigenvalue weighted by Crippen LogP contribution is -2.50. The van der Waals surface area contributed by atoms with Crippen LogP contribution in [0.2, 0.25) is 0 Å². The van der Waals surface area contributed by atoms with E-state index in [0.717, 1.165) is 31.2 Å². The topological polar surface area (TPSA) is 55.1 Å². The molecule has 3 N–H and O–H groups in total. The number of carbonyl (C=O) groups is 1. The Morgan fingerprint density at radius 2 is 2.04 bits per heavy atom. The zero-order valence-corrected chi connectivity index (χ0v) is 13.2. The van der Waals surface area contributed by atoms with Gasteiger partial charge in [0.2, 0.25) is 5.91 Å². The van der Waals surface area contributed by atoms with Crippen molar-refractivity contribution in [3.05, 3.63) is 35.9 Å². The van der Waals surface area contributed by atoms with E-state index in [4.69, 9.17) is 5.73 Å². The van der Waals surface area contributed by atoms with Crippen molar-refractivity contribution in [2.24, 2.45) is 23.0 Å². The lowest BCUT2D eigenvalue weighted by atomic mass is 9.68. The summed E-state index contributed by atoms with van der Waals surface area (Å²) in [6.07, 6.45) is 4.68. The number of alkyl halides is 2. The van der Waals surface area contributed by atoms with Gasteiger partial charge in [0.15, 0.2) is 0 Å². The van der Waals surface area contributed by atoms with Gasteiger partial charge in [-0.05, 0) is 43.1 Å². The lowest BCUT2D eigenvalue weighted by Gasteiger charge is -2.37. The molecule has 3 unspecified atom stereocenters. The van der Waals surface area contributed by atoms with E-state index in [1.165, 1.54) is 0 Å². The number of nitrogens with two attached hydrogens (primary N) is 1. The Kier molecular flexibility index (Phi) is 4.41. The fourth-order valence-electron chi connectivity index (χ4n) is 4.44. The summed E-state index contributed by atoms with van der Waals surface area (Å²) >= 11 is 0. The van der Waals surface area contributed by atoms with E-state index >= 15 is 0 Å². The third-order valence-corrected chi connectivity index (χ3v) is 5.60. The Morgan fingerprint density at radius 3 is 2.61 bits per heavy atom. The molecule has 0 heterocycles. The number of amides is 1. The van der Waals surface area contributed by atoms with Crippen molar-refractivity contribution in [1.29, 1.82) is 0 Å². The molecule has 2 aliphatic rings. The first-order chi connectivity index (χ1) is 11.0. The zero-order chi connectivity index (χ0) is 16.5. The summed E-state index contributed by atoms with van der Waals surface area (Å²) in [7, 11) is 0. The van der Waals surface area contributed by atoms with Crippen molar-refractivity contribution in [1.82, 2.24) is 5.32 Å². The molecular weight excluding hydrogens is 298 g/mol. The molecule has 1 aromatic rings. The maximum atomic E-state index is 13.4. The van der Waals surface area contributed by atoms with Crippen molar-refractivity contribution < 1.29 is 13.6 Å². The van der Waals surface area contributed by atoms with E-state index in [9.17, 15) is 13.6 Å². The highest BCUT2D eigenvalue weighted by molar-refractivity contribution is 5.84. The lowest BCUT2D eigenvalue weighted by molar-refractivity contribution is -0.136. The Bertz CT molecular complexity index is 563. The van der Waals surface area contributed by atoms with Crippen LogP contribution in [0.25, 0.3) is 0 Å². The molecule has 1 aromatic carbocycles. The molecule has 3 rings (SSSR count). The second kappa shape index (κ2) is 6.19. The summed E-state index contributed by atoms with van der Waals surface area (Å²) in [4.78, 5) is 12.8. The zero-order valence-electron chi connectivity index (χ0n) is 13.2. The van der Waals surface area contributed by atoms with Gasteiger partial charge in [-0.3, -0.25) is 4.79 Å². The van der Waals surface area contributed by atoms with Crippen LogP contribution in [0.3, 0.4) is 0 Å². The average molecular weight is 322 g/mol. The molecule has 0 saturated heterocycles. The van der Waals surface area contributed by atoms with Gasteiger partial charge >= 0.3 is 0 Å². The van der Waals surface area contributed by atoms with Crippen molar-refractivity contribution in [2.75, 3.05) is 13.1 Å². The first kappa shape index (κ1) is 16.4. The molecule has 2 bridgehead atoms. The summed E-state index contributed by atoms with van der Waals surface area (Å²) in [6.45, 7) is -1.42. The van der Waals surface area contributed by atoms with E-state index in [2.05, 4.69) is 5.32 Å². The number of hydrogen-bond donors (Lipinski definition) is 2. The predicted octanol–water partition coefficient (Wildman–Crippen LogP) is 2.75. The highest BCUT2D eigenvalue weighted by atomic mass is 19.3. The Hall–Kier alpha value is -1.49. The molecular formula is C18H24F2N2O. The van der Waals surface area contributed by atoms with Crippen molar-refractivity contribution in [3.63, 3.8) is 0 Å².